The number of nitrogens with one attached hydrogen (secondary N) is 1. The van der Waals surface area contributed by atoms with Crippen LogP contribution < -0.4 is 5.32 Å². The molecule has 0 heterocycles. The molecule has 0 aromatic carbocycles. The molecule has 1 saturated carbocycles. The van der Waals surface area contributed by atoms with Gasteiger partial charge in [0, 0.05) is 6.04 Å². The first-order valence-electron chi connectivity index (χ1n) is 7.10. The quantitative estimate of drug-likeness (QED) is 0.672. The fourth-order valence-electron chi connectivity index (χ4n) is 2.76. The highest BCUT2D eigenvalue weighted by atomic mass is 15.1. The van der Waals surface area contributed by atoms with Gasteiger partial charge in [0.1, 0.15) is 0 Å². The van der Waals surface area contributed by atoms with Gasteiger partial charge in [-0.25, -0.2) is 0 Å². The van der Waals surface area contributed by atoms with Crippen LogP contribution in [-0.4, -0.2) is 38.1 Å². The van der Waals surface area contributed by atoms with E-state index in [2.05, 4.69) is 31.2 Å². The average molecular weight is 226 g/mol. The summed E-state index contributed by atoms with van der Waals surface area (Å²) in [5.74, 6) is 1.03. The zero-order valence-corrected chi connectivity index (χ0v) is 11.5. The highest BCUT2D eigenvalue weighted by Crippen LogP contribution is 2.27. The Balaban J connectivity index is 1.99. The van der Waals surface area contributed by atoms with Crippen LogP contribution in [0.3, 0.4) is 0 Å². The van der Waals surface area contributed by atoms with E-state index in [4.69, 9.17) is 0 Å². The van der Waals surface area contributed by atoms with E-state index in [0.29, 0.717) is 0 Å². The highest BCUT2D eigenvalue weighted by molar-refractivity contribution is 4.76. The summed E-state index contributed by atoms with van der Waals surface area (Å²) in [6.45, 7) is 4.71. The number of nitrogens with zero attached hydrogens (tertiary/aromatic N) is 1. The summed E-state index contributed by atoms with van der Waals surface area (Å²) in [5.41, 5.74) is 0. The lowest BCUT2D eigenvalue weighted by Gasteiger charge is -2.29. The van der Waals surface area contributed by atoms with Gasteiger partial charge in [0.2, 0.25) is 0 Å². The van der Waals surface area contributed by atoms with Gasteiger partial charge in [0.05, 0.1) is 0 Å². The van der Waals surface area contributed by atoms with Gasteiger partial charge in [-0.3, -0.25) is 0 Å². The SMILES string of the molecule is CCCC1CCC(NCCCN(C)C)CC1. The van der Waals surface area contributed by atoms with Gasteiger partial charge in [-0.05, 0) is 65.2 Å². The van der Waals surface area contributed by atoms with Crippen LogP contribution in [0.5, 0.6) is 0 Å². The van der Waals surface area contributed by atoms with Crippen molar-refractivity contribution >= 4 is 0 Å². The van der Waals surface area contributed by atoms with Crippen molar-refractivity contribution in [2.45, 2.75) is 57.9 Å². The smallest absolute Gasteiger partial charge is 0.00672 e. The molecule has 1 fully saturated rings. The third-order valence-electron chi connectivity index (χ3n) is 3.76. The molecular weight excluding hydrogens is 196 g/mol. The molecule has 2 heteroatoms. The summed E-state index contributed by atoms with van der Waals surface area (Å²) in [5, 5.41) is 3.71. The first kappa shape index (κ1) is 14.0. The van der Waals surface area contributed by atoms with Crippen LogP contribution in [0.4, 0.5) is 0 Å². The van der Waals surface area contributed by atoms with Crippen LogP contribution in [0.25, 0.3) is 0 Å². The second-order valence-electron chi connectivity index (χ2n) is 5.62. The highest BCUT2D eigenvalue weighted by Gasteiger charge is 2.19. The Hall–Kier alpha value is -0.0800. The molecule has 16 heavy (non-hydrogen) atoms. The summed E-state index contributed by atoms with van der Waals surface area (Å²) >= 11 is 0. The van der Waals surface area contributed by atoms with E-state index < -0.39 is 0 Å². The Bertz CT molecular complexity index is 160. The van der Waals surface area contributed by atoms with E-state index in [-0.39, 0.29) is 0 Å². The molecule has 0 amide bonds. The molecule has 0 saturated heterocycles. The molecule has 0 bridgehead atoms. The Kier molecular flexibility index (Phi) is 7.06. The van der Waals surface area contributed by atoms with Crippen molar-refractivity contribution in [1.29, 1.82) is 0 Å². The van der Waals surface area contributed by atoms with Gasteiger partial charge in [-0.1, -0.05) is 19.8 Å². The number of hydrogen-bond acceptors (Lipinski definition) is 2. The minimum absolute atomic E-state index is 0.815. The van der Waals surface area contributed by atoms with Crippen LogP contribution >= 0.6 is 0 Å². The maximum absolute atomic E-state index is 3.71. The Morgan fingerprint density at radius 1 is 1.12 bits per heavy atom. The molecular formula is C14H30N2. The molecule has 0 unspecified atom stereocenters. The topological polar surface area (TPSA) is 15.3 Å². The number of hydrogen-bond donors (Lipinski definition) is 1. The summed E-state index contributed by atoms with van der Waals surface area (Å²) in [6, 6.07) is 0.815. The molecule has 0 radical (unpaired) electrons. The Morgan fingerprint density at radius 3 is 2.38 bits per heavy atom. The van der Waals surface area contributed by atoms with Crippen LogP contribution in [-0.2, 0) is 0 Å². The van der Waals surface area contributed by atoms with Gasteiger partial charge in [0.15, 0.2) is 0 Å². The van der Waals surface area contributed by atoms with Gasteiger partial charge in [-0.2, -0.15) is 0 Å². The van der Waals surface area contributed by atoms with Gasteiger partial charge >= 0.3 is 0 Å². The van der Waals surface area contributed by atoms with E-state index in [0.717, 1.165) is 12.0 Å². The van der Waals surface area contributed by atoms with Crippen molar-refractivity contribution in [3.8, 4) is 0 Å². The minimum Gasteiger partial charge on any atom is -0.314 e. The molecule has 0 aromatic heterocycles. The normalized spacial score (nSPS) is 26.2. The average Bonchev–Trinajstić information content (AvgIpc) is 2.27. The van der Waals surface area contributed by atoms with Crippen LogP contribution in [0.2, 0.25) is 0 Å². The molecule has 1 aliphatic carbocycles. The van der Waals surface area contributed by atoms with Crippen molar-refractivity contribution in [3.05, 3.63) is 0 Å². The Labute approximate surface area is 102 Å². The van der Waals surface area contributed by atoms with Gasteiger partial charge in [-0.15, -0.1) is 0 Å². The predicted octanol–water partition coefficient (Wildman–Crippen LogP) is 2.89. The molecule has 0 atom stereocenters. The van der Waals surface area contributed by atoms with E-state index in [1.807, 2.05) is 0 Å². The van der Waals surface area contributed by atoms with Crippen molar-refractivity contribution < 1.29 is 0 Å². The van der Waals surface area contributed by atoms with Crippen molar-refractivity contribution in [3.63, 3.8) is 0 Å². The molecule has 1 N–H and O–H groups in total. The second-order valence-corrected chi connectivity index (χ2v) is 5.62. The van der Waals surface area contributed by atoms with Crippen molar-refractivity contribution in [2.75, 3.05) is 27.2 Å². The molecule has 1 rings (SSSR count). The third kappa shape index (κ3) is 5.86. The lowest BCUT2D eigenvalue weighted by Crippen LogP contribution is -2.34. The van der Waals surface area contributed by atoms with E-state index >= 15 is 0 Å². The van der Waals surface area contributed by atoms with Crippen LogP contribution in [0, 0.1) is 5.92 Å². The summed E-state index contributed by atoms with van der Waals surface area (Å²) < 4.78 is 0. The first-order chi connectivity index (χ1) is 7.72. The molecule has 0 aromatic rings. The lowest BCUT2D eigenvalue weighted by atomic mass is 9.83. The summed E-state index contributed by atoms with van der Waals surface area (Å²) in [6.07, 6.45) is 9.83. The number of rotatable bonds is 7. The van der Waals surface area contributed by atoms with Gasteiger partial charge in [0.25, 0.3) is 0 Å². The minimum atomic E-state index is 0.815. The summed E-state index contributed by atoms with van der Waals surface area (Å²) in [7, 11) is 4.30. The maximum Gasteiger partial charge on any atom is 0.00672 e. The Morgan fingerprint density at radius 2 is 1.81 bits per heavy atom. The van der Waals surface area contributed by atoms with E-state index in [9.17, 15) is 0 Å². The fourth-order valence-corrected chi connectivity index (χ4v) is 2.76. The largest absolute Gasteiger partial charge is 0.314 e. The molecule has 96 valence electrons. The van der Waals surface area contributed by atoms with Gasteiger partial charge < -0.3 is 10.2 Å². The first-order valence-corrected chi connectivity index (χ1v) is 7.10. The third-order valence-corrected chi connectivity index (χ3v) is 3.76. The summed E-state index contributed by atoms with van der Waals surface area (Å²) in [4.78, 5) is 2.26. The molecule has 0 spiro atoms. The van der Waals surface area contributed by atoms with Crippen LogP contribution in [0.1, 0.15) is 51.9 Å². The lowest BCUT2D eigenvalue weighted by molar-refractivity contribution is 0.275. The van der Waals surface area contributed by atoms with E-state index in [1.165, 1.54) is 58.0 Å². The fraction of sp³-hybridized carbons (Fsp3) is 1.00. The van der Waals surface area contributed by atoms with Crippen molar-refractivity contribution in [1.82, 2.24) is 10.2 Å². The maximum atomic E-state index is 3.71. The zero-order chi connectivity index (χ0) is 11.8. The standard InChI is InChI=1S/C14H30N2/c1-4-6-13-7-9-14(10-8-13)15-11-5-12-16(2)3/h13-15H,4-12H2,1-3H3. The molecule has 0 aliphatic heterocycles. The monoisotopic (exact) mass is 226 g/mol. The van der Waals surface area contributed by atoms with Crippen molar-refractivity contribution in [2.24, 2.45) is 5.92 Å². The molecule has 2 nitrogen and oxygen atoms in total. The van der Waals surface area contributed by atoms with E-state index in [1.54, 1.807) is 0 Å². The van der Waals surface area contributed by atoms with Crippen LogP contribution in [0.15, 0.2) is 0 Å². The molecule has 1 aliphatic rings. The second kappa shape index (κ2) is 8.08. The zero-order valence-electron chi connectivity index (χ0n) is 11.5. The predicted molar refractivity (Wildman–Crippen MR) is 71.8 cm³/mol.